The molecular weight excluding hydrogens is 505 g/mol. The maximum atomic E-state index is 5.41. The average Bonchev–Trinajstić information content (AvgIpc) is 2.77. The molecule has 7 nitrogen and oxygen atoms in total. The molecule has 0 radical (unpaired) electrons. The number of rotatable bonds is 10. The maximum Gasteiger partial charge on any atom is 0.191 e. The second-order valence-electron chi connectivity index (χ2n) is 8.26. The van der Waals surface area contributed by atoms with E-state index in [-0.39, 0.29) is 24.0 Å². The summed E-state index contributed by atoms with van der Waals surface area (Å²) in [5.41, 5.74) is 1.15. The Morgan fingerprint density at radius 1 is 1.13 bits per heavy atom. The molecule has 1 aromatic carbocycles. The summed E-state index contributed by atoms with van der Waals surface area (Å²) in [5, 5.41) is 7.06. The first-order chi connectivity index (χ1) is 14.5. The molecule has 0 aliphatic carbocycles. The van der Waals surface area contributed by atoms with Crippen molar-refractivity contribution in [1.82, 2.24) is 15.5 Å². The summed E-state index contributed by atoms with van der Waals surface area (Å²) in [7, 11) is 7.41. The van der Waals surface area contributed by atoms with E-state index in [1.807, 2.05) is 13.1 Å². The van der Waals surface area contributed by atoms with Crippen molar-refractivity contribution in [3.8, 4) is 11.5 Å². The van der Waals surface area contributed by atoms with Crippen molar-refractivity contribution in [3.05, 3.63) is 18.2 Å². The predicted octanol–water partition coefficient (Wildman–Crippen LogP) is 3.58. The number of anilines is 1. The van der Waals surface area contributed by atoms with E-state index in [4.69, 9.17) is 9.47 Å². The Labute approximate surface area is 206 Å². The molecule has 1 aromatic rings. The molecule has 2 N–H and O–H groups in total. The van der Waals surface area contributed by atoms with Crippen molar-refractivity contribution in [1.29, 1.82) is 0 Å². The minimum Gasteiger partial charge on any atom is -0.497 e. The SMILES string of the molecule is CN=C(NCCCCN(C)C(C)C)NC1CCN(c2cc(OC)cc(OC)c2)CC1.I. The molecule has 8 heteroatoms. The van der Waals surface area contributed by atoms with Crippen LogP contribution in [0.4, 0.5) is 5.69 Å². The fourth-order valence-corrected chi connectivity index (χ4v) is 3.60. The normalized spacial score (nSPS) is 15.1. The molecular formula is C23H42IN5O2. The topological polar surface area (TPSA) is 61.4 Å². The number of methoxy groups -OCH3 is 2. The van der Waals surface area contributed by atoms with Gasteiger partial charge in [-0.3, -0.25) is 4.99 Å². The first-order valence-corrected chi connectivity index (χ1v) is 11.1. The molecule has 1 heterocycles. The second-order valence-corrected chi connectivity index (χ2v) is 8.26. The van der Waals surface area contributed by atoms with Crippen molar-refractivity contribution in [2.24, 2.45) is 4.99 Å². The van der Waals surface area contributed by atoms with Gasteiger partial charge in [-0.2, -0.15) is 0 Å². The Hall–Kier alpha value is -1.42. The van der Waals surface area contributed by atoms with Crippen LogP contribution in [0.5, 0.6) is 11.5 Å². The summed E-state index contributed by atoms with van der Waals surface area (Å²) in [6, 6.07) is 7.11. The van der Waals surface area contributed by atoms with Crippen molar-refractivity contribution in [2.45, 2.75) is 51.6 Å². The summed E-state index contributed by atoms with van der Waals surface area (Å²) < 4.78 is 10.8. The van der Waals surface area contributed by atoms with Crippen LogP contribution in [0.25, 0.3) is 0 Å². The Morgan fingerprint density at radius 2 is 1.74 bits per heavy atom. The first kappa shape index (κ1) is 27.6. The van der Waals surface area contributed by atoms with Gasteiger partial charge in [0.1, 0.15) is 11.5 Å². The van der Waals surface area contributed by atoms with Crippen LogP contribution in [0.2, 0.25) is 0 Å². The van der Waals surface area contributed by atoms with E-state index in [2.05, 4.69) is 58.5 Å². The molecule has 0 aromatic heterocycles. The van der Waals surface area contributed by atoms with Crippen LogP contribution in [0.1, 0.15) is 39.5 Å². The van der Waals surface area contributed by atoms with Crippen molar-refractivity contribution < 1.29 is 9.47 Å². The van der Waals surface area contributed by atoms with Gasteiger partial charge in [-0.1, -0.05) is 0 Å². The third-order valence-electron chi connectivity index (χ3n) is 5.87. The highest BCUT2D eigenvalue weighted by Crippen LogP contribution is 2.30. The van der Waals surface area contributed by atoms with Crippen LogP contribution in [0.3, 0.4) is 0 Å². The van der Waals surface area contributed by atoms with Gasteiger partial charge in [-0.25, -0.2) is 0 Å². The maximum absolute atomic E-state index is 5.41. The number of piperidine rings is 1. The van der Waals surface area contributed by atoms with E-state index < -0.39 is 0 Å². The van der Waals surface area contributed by atoms with Crippen LogP contribution < -0.4 is 25.0 Å². The molecule has 1 fully saturated rings. The highest BCUT2D eigenvalue weighted by molar-refractivity contribution is 14.0. The molecule has 1 aliphatic rings. The van der Waals surface area contributed by atoms with Crippen molar-refractivity contribution >= 4 is 35.6 Å². The van der Waals surface area contributed by atoms with Gasteiger partial charge in [0.2, 0.25) is 0 Å². The van der Waals surface area contributed by atoms with Crippen LogP contribution >= 0.6 is 24.0 Å². The number of nitrogens with zero attached hydrogens (tertiary/aromatic N) is 3. The monoisotopic (exact) mass is 547 g/mol. The van der Waals surface area contributed by atoms with Crippen LogP contribution in [0, 0.1) is 0 Å². The lowest BCUT2D eigenvalue weighted by atomic mass is 10.0. The number of hydrogen-bond acceptors (Lipinski definition) is 5. The zero-order chi connectivity index (χ0) is 21.9. The molecule has 1 saturated heterocycles. The molecule has 178 valence electrons. The van der Waals surface area contributed by atoms with E-state index in [0.29, 0.717) is 12.1 Å². The summed E-state index contributed by atoms with van der Waals surface area (Å²) in [6.45, 7) is 8.55. The Bertz CT molecular complexity index is 641. The van der Waals surface area contributed by atoms with Gasteiger partial charge >= 0.3 is 0 Å². The second kappa shape index (κ2) is 14.6. The van der Waals surface area contributed by atoms with Gasteiger partial charge in [0.05, 0.1) is 14.2 Å². The minimum atomic E-state index is 0. The van der Waals surface area contributed by atoms with E-state index in [1.165, 1.54) is 6.42 Å². The van der Waals surface area contributed by atoms with E-state index >= 15 is 0 Å². The van der Waals surface area contributed by atoms with Crippen molar-refractivity contribution in [3.63, 3.8) is 0 Å². The lowest BCUT2D eigenvalue weighted by molar-refractivity contribution is 0.268. The quantitative estimate of drug-likeness (QED) is 0.202. The van der Waals surface area contributed by atoms with Gasteiger partial charge in [0, 0.05) is 62.7 Å². The Kier molecular flexibility index (Phi) is 13.0. The lowest BCUT2D eigenvalue weighted by Gasteiger charge is -2.34. The average molecular weight is 548 g/mol. The predicted molar refractivity (Wildman–Crippen MR) is 142 cm³/mol. The van der Waals surface area contributed by atoms with Gasteiger partial charge in [-0.05, 0) is 53.1 Å². The smallest absolute Gasteiger partial charge is 0.191 e. The highest BCUT2D eigenvalue weighted by Gasteiger charge is 2.21. The molecule has 0 atom stereocenters. The van der Waals surface area contributed by atoms with Crippen molar-refractivity contribution in [2.75, 3.05) is 59.4 Å². The summed E-state index contributed by atoms with van der Waals surface area (Å²) in [4.78, 5) is 9.18. The fraction of sp³-hybridized carbons (Fsp3) is 0.696. The van der Waals surface area contributed by atoms with E-state index in [9.17, 15) is 0 Å². The largest absolute Gasteiger partial charge is 0.497 e. The molecule has 1 aliphatic heterocycles. The third kappa shape index (κ3) is 9.31. The van der Waals surface area contributed by atoms with E-state index in [1.54, 1.807) is 14.2 Å². The summed E-state index contributed by atoms with van der Waals surface area (Å²) in [5.74, 6) is 2.57. The van der Waals surface area contributed by atoms with Crippen LogP contribution in [-0.4, -0.2) is 77.4 Å². The van der Waals surface area contributed by atoms with Crippen LogP contribution in [0.15, 0.2) is 23.2 Å². The zero-order valence-electron chi connectivity index (χ0n) is 20.1. The number of guanidine groups is 1. The summed E-state index contributed by atoms with van der Waals surface area (Å²) in [6.07, 6.45) is 4.48. The number of nitrogens with one attached hydrogen (secondary N) is 2. The number of halogens is 1. The minimum absolute atomic E-state index is 0. The third-order valence-corrected chi connectivity index (χ3v) is 5.87. The van der Waals surface area contributed by atoms with Gasteiger partial charge in [-0.15, -0.1) is 24.0 Å². The Morgan fingerprint density at radius 3 is 2.26 bits per heavy atom. The number of unbranched alkanes of at least 4 members (excludes halogenated alkanes) is 1. The first-order valence-electron chi connectivity index (χ1n) is 11.1. The fourth-order valence-electron chi connectivity index (χ4n) is 3.60. The van der Waals surface area contributed by atoms with Gasteiger partial charge in [0.25, 0.3) is 0 Å². The van der Waals surface area contributed by atoms with E-state index in [0.717, 1.165) is 68.6 Å². The Balaban J connectivity index is 0.00000480. The molecule has 0 bridgehead atoms. The molecule has 31 heavy (non-hydrogen) atoms. The number of aliphatic imine (C=N–C) groups is 1. The molecule has 0 saturated carbocycles. The van der Waals surface area contributed by atoms with Gasteiger partial charge < -0.3 is 29.9 Å². The standard InChI is InChI=1S/C23H41N5O2.HI/c1-18(2)27(4)12-8-7-11-25-23(24-3)26-19-9-13-28(14-10-19)20-15-21(29-5)17-22(16-20)30-6;/h15-19H,7-14H2,1-6H3,(H2,24,25,26);1H. The van der Waals surface area contributed by atoms with Gasteiger partial charge in [0.15, 0.2) is 5.96 Å². The number of benzene rings is 1. The molecule has 2 rings (SSSR count). The molecule has 0 unspecified atom stereocenters. The lowest BCUT2D eigenvalue weighted by Crippen LogP contribution is -2.49. The molecule has 0 spiro atoms. The van der Waals surface area contributed by atoms with Crippen LogP contribution in [-0.2, 0) is 0 Å². The molecule has 0 amide bonds. The zero-order valence-corrected chi connectivity index (χ0v) is 22.4. The number of ether oxygens (including phenoxy) is 2. The summed E-state index contributed by atoms with van der Waals surface area (Å²) >= 11 is 0. The number of hydrogen-bond donors (Lipinski definition) is 2. The highest BCUT2D eigenvalue weighted by atomic mass is 127.